The van der Waals surface area contributed by atoms with Gasteiger partial charge in [-0.15, -0.1) is 0 Å². The highest BCUT2D eigenvalue weighted by Crippen LogP contribution is 2.49. The van der Waals surface area contributed by atoms with Crippen LogP contribution in [0, 0.1) is 0 Å². The summed E-state index contributed by atoms with van der Waals surface area (Å²) in [7, 11) is -3.90. The van der Waals surface area contributed by atoms with Gasteiger partial charge >= 0.3 is 10.1 Å². The van der Waals surface area contributed by atoms with Gasteiger partial charge in [-0.25, -0.2) is 0 Å². The van der Waals surface area contributed by atoms with Gasteiger partial charge < -0.3 is 19.0 Å². The Kier molecular flexibility index (Phi) is 5.60. The molecule has 1 amide bonds. The molecule has 0 aromatic heterocycles. The number of nitrogens with one attached hydrogen (secondary N) is 1. The van der Waals surface area contributed by atoms with Gasteiger partial charge in [-0.2, -0.15) is 8.42 Å². The maximum absolute atomic E-state index is 13.2. The largest absolute Gasteiger partial charge is 0.384 e. The van der Waals surface area contributed by atoms with Crippen molar-refractivity contribution in [1.82, 2.24) is 5.32 Å². The van der Waals surface area contributed by atoms with Crippen LogP contribution in [0.25, 0.3) is 5.57 Å². The standard InChI is InChI=1S/C20H23Cl2NO6S/c1-3-12-10-13(21)11-14(22)15(12)16-17(29-30(2,25)26)19(23-18(16)24)4-6-20(7-5-19)27-8-9-28-20/h10-11H,3-9H2,1-2H3,(H,23,24). The third kappa shape index (κ3) is 3.84. The molecule has 164 valence electrons. The van der Waals surface area contributed by atoms with Crippen LogP contribution in [-0.2, 0) is 35.0 Å². The van der Waals surface area contributed by atoms with Gasteiger partial charge in [0, 0.05) is 23.4 Å². The molecule has 1 N–H and O–H groups in total. The third-order valence-corrected chi connectivity index (χ3v) is 6.91. The first-order valence-electron chi connectivity index (χ1n) is 9.81. The van der Waals surface area contributed by atoms with Gasteiger partial charge in [0.15, 0.2) is 11.5 Å². The molecule has 1 aliphatic carbocycles. The molecule has 0 bridgehead atoms. The molecule has 1 saturated carbocycles. The average molecular weight is 476 g/mol. The Balaban J connectivity index is 1.85. The second-order valence-corrected chi connectivity index (χ2v) is 10.3. The molecule has 1 saturated heterocycles. The molecule has 30 heavy (non-hydrogen) atoms. The summed E-state index contributed by atoms with van der Waals surface area (Å²) in [6, 6.07) is 3.26. The number of amides is 1. The topological polar surface area (TPSA) is 90.9 Å². The van der Waals surface area contributed by atoms with Crippen LogP contribution in [0.15, 0.2) is 17.9 Å². The van der Waals surface area contributed by atoms with E-state index in [0.29, 0.717) is 55.9 Å². The fraction of sp³-hybridized carbons (Fsp3) is 0.550. The fourth-order valence-corrected chi connectivity index (χ4v) is 5.74. The molecule has 2 fully saturated rings. The Labute approximate surface area is 185 Å². The minimum atomic E-state index is -3.90. The number of ether oxygens (including phenoxy) is 2. The first-order valence-corrected chi connectivity index (χ1v) is 12.4. The lowest BCUT2D eigenvalue weighted by atomic mass is 9.77. The molecule has 0 radical (unpaired) electrons. The molecule has 4 rings (SSSR count). The first-order chi connectivity index (χ1) is 14.1. The van der Waals surface area contributed by atoms with E-state index in [1.807, 2.05) is 6.92 Å². The predicted octanol–water partition coefficient (Wildman–Crippen LogP) is 3.43. The highest BCUT2D eigenvalue weighted by atomic mass is 35.5. The monoisotopic (exact) mass is 475 g/mol. The van der Waals surface area contributed by atoms with Crippen molar-refractivity contribution in [3.05, 3.63) is 39.1 Å². The number of carbonyl (C=O) groups excluding carboxylic acids is 1. The van der Waals surface area contributed by atoms with Crippen LogP contribution in [0.2, 0.25) is 10.0 Å². The average Bonchev–Trinajstić information content (AvgIpc) is 3.21. The zero-order valence-electron chi connectivity index (χ0n) is 16.7. The second kappa shape index (κ2) is 7.67. The van der Waals surface area contributed by atoms with Gasteiger partial charge in [-0.05, 0) is 37.0 Å². The smallest absolute Gasteiger partial charge is 0.306 e. The van der Waals surface area contributed by atoms with E-state index < -0.39 is 27.4 Å². The summed E-state index contributed by atoms with van der Waals surface area (Å²) in [5.41, 5.74) is 0.358. The van der Waals surface area contributed by atoms with Crippen LogP contribution < -0.4 is 5.32 Å². The summed E-state index contributed by atoms with van der Waals surface area (Å²) >= 11 is 12.6. The number of hydrogen-bond donors (Lipinski definition) is 1. The van der Waals surface area contributed by atoms with Gasteiger partial charge in [0.2, 0.25) is 0 Å². The van der Waals surface area contributed by atoms with Crippen LogP contribution in [0.5, 0.6) is 0 Å². The van der Waals surface area contributed by atoms with Crippen molar-refractivity contribution in [3.63, 3.8) is 0 Å². The number of rotatable bonds is 4. The summed E-state index contributed by atoms with van der Waals surface area (Å²) in [5.74, 6) is -1.01. The van der Waals surface area contributed by atoms with Crippen molar-refractivity contribution in [2.75, 3.05) is 19.5 Å². The van der Waals surface area contributed by atoms with E-state index >= 15 is 0 Å². The summed E-state index contributed by atoms with van der Waals surface area (Å²) in [6.07, 6.45) is 3.36. The Morgan fingerprint density at radius 1 is 1.13 bits per heavy atom. The number of aryl methyl sites for hydroxylation is 1. The third-order valence-electron chi connectivity index (χ3n) is 5.92. The molecule has 0 unspecified atom stereocenters. The van der Waals surface area contributed by atoms with Crippen molar-refractivity contribution in [2.24, 2.45) is 0 Å². The van der Waals surface area contributed by atoms with E-state index in [1.54, 1.807) is 6.07 Å². The maximum Gasteiger partial charge on any atom is 0.306 e. The number of halogens is 2. The zero-order chi connectivity index (χ0) is 21.7. The summed E-state index contributed by atoms with van der Waals surface area (Å²) in [4.78, 5) is 13.2. The molecule has 2 aliphatic heterocycles. The van der Waals surface area contributed by atoms with E-state index in [4.69, 9.17) is 36.9 Å². The Morgan fingerprint density at radius 3 is 2.33 bits per heavy atom. The number of benzene rings is 1. The molecule has 1 aromatic rings. The molecular formula is C20H23Cl2NO6S. The maximum atomic E-state index is 13.2. The van der Waals surface area contributed by atoms with Crippen LogP contribution in [0.1, 0.15) is 43.7 Å². The summed E-state index contributed by atoms with van der Waals surface area (Å²) in [5, 5.41) is 3.69. The van der Waals surface area contributed by atoms with Gasteiger partial charge in [0.1, 0.15) is 5.54 Å². The molecule has 10 heteroatoms. The molecule has 2 spiro atoms. The predicted molar refractivity (Wildman–Crippen MR) is 113 cm³/mol. The van der Waals surface area contributed by atoms with Crippen molar-refractivity contribution < 1.29 is 26.9 Å². The van der Waals surface area contributed by atoms with Crippen LogP contribution in [-0.4, -0.2) is 45.1 Å². The van der Waals surface area contributed by atoms with E-state index in [-0.39, 0.29) is 16.4 Å². The minimum Gasteiger partial charge on any atom is -0.384 e. The summed E-state index contributed by atoms with van der Waals surface area (Å²) in [6.45, 7) is 2.95. The quantitative estimate of drug-likeness (QED) is 0.670. The van der Waals surface area contributed by atoms with Crippen molar-refractivity contribution in [1.29, 1.82) is 0 Å². The summed E-state index contributed by atoms with van der Waals surface area (Å²) < 4.78 is 41.3. The van der Waals surface area contributed by atoms with Crippen molar-refractivity contribution >= 4 is 44.8 Å². The van der Waals surface area contributed by atoms with E-state index in [2.05, 4.69) is 5.32 Å². The molecule has 0 atom stereocenters. The van der Waals surface area contributed by atoms with Crippen LogP contribution in [0.3, 0.4) is 0 Å². The van der Waals surface area contributed by atoms with Crippen LogP contribution in [0.4, 0.5) is 0 Å². The van der Waals surface area contributed by atoms with Gasteiger partial charge in [0.05, 0.1) is 30.1 Å². The highest BCUT2D eigenvalue weighted by Gasteiger charge is 2.55. The molecule has 7 nitrogen and oxygen atoms in total. The number of carbonyl (C=O) groups is 1. The molecule has 1 aromatic carbocycles. The van der Waals surface area contributed by atoms with E-state index in [1.165, 1.54) is 6.07 Å². The zero-order valence-corrected chi connectivity index (χ0v) is 19.0. The van der Waals surface area contributed by atoms with E-state index in [9.17, 15) is 13.2 Å². The second-order valence-electron chi connectivity index (χ2n) is 7.91. The van der Waals surface area contributed by atoms with Gasteiger partial charge in [0.25, 0.3) is 5.91 Å². The van der Waals surface area contributed by atoms with E-state index in [0.717, 1.165) is 11.8 Å². The van der Waals surface area contributed by atoms with Gasteiger partial charge in [-0.3, -0.25) is 4.79 Å². The Hall–Kier alpha value is -1.32. The van der Waals surface area contributed by atoms with Gasteiger partial charge in [-0.1, -0.05) is 30.1 Å². The van der Waals surface area contributed by atoms with Crippen molar-refractivity contribution in [3.8, 4) is 0 Å². The molecule has 2 heterocycles. The normalized spacial score (nSPS) is 22.7. The SMILES string of the molecule is CCc1cc(Cl)cc(Cl)c1C1=C(OS(C)(=O)=O)C2(CCC3(CC2)OCCO3)NC1=O. The lowest BCUT2D eigenvalue weighted by Crippen LogP contribution is -2.52. The number of hydrogen-bond acceptors (Lipinski definition) is 6. The Bertz CT molecular complexity index is 1020. The highest BCUT2D eigenvalue weighted by molar-refractivity contribution is 7.86. The lowest BCUT2D eigenvalue weighted by Gasteiger charge is -2.42. The van der Waals surface area contributed by atoms with Crippen molar-refractivity contribution in [2.45, 2.75) is 50.4 Å². The molecular weight excluding hydrogens is 453 g/mol. The first kappa shape index (κ1) is 21.9. The van der Waals surface area contributed by atoms with Crippen LogP contribution >= 0.6 is 23.2 Å². The Morgan fingerprint density at radius 2 is 1.77 bits per heavy atom. The molecule has 3 aliphatic rings. The fourth-order valence-electron chi connectivity index (χ4n) is 4.56. The lowest BCUT2D eigenvalue weighted by molar-refractivity contribution is -0.185. The minimum absolute atomic E-state index is 0.0850.